The maximum Gasteiger partial charge on any atom is 0.161 e. The molecule has 0 atom stereocenters. The molecule has 0 saturated carbocycles. The van der Waals surface area contributed by atoms with E-state index >= 15 is 0 Å². The number of hydrogen-bond acceptors (Lipinski definition) is 5. The molecule has 4 rings (SSSR count). The van der Waals surface area contributed by atoms with Crippen molar-refractivity contribution in [2.45, 2.75) is 20.3 Å². The Morgan fingerprint density at radius 2 is 1.57 bits per heavy atom. The van der Waals surface area contributed by atoms with Crippen molar-refractivity contribution in [2.75, 3.05) is 14.2 Å². The second kappa shape index (κ2) is 8.41. The Kier molecular flexibility index (Phi) is 5.53. The molecule has 1 N–H and O–H groups in total. The fourth-order valence-electron chi connectivity index (χ4n) is 3.45. The van der Waals surface area contributed by atoms with E-state index in [9.17, 15) is 0 Å². The topological polar surface area (TPSA) is 55.2 Å². The molecule has 1 heterocycles. The van der Waals surface area contributed by atoms with Gasteiger partial charge in [0.2, 0.25) is 0 Å². The summed E-state index contributed by atoms with van der Waals surface area (Å²) in [7, 11) is 3.27. The lowest BCUT2D eigenvalue weighted by Crippen LogP contribution is -2.19. The van der Waals surface area contributed by atoms with Crippen LogP contribution >= 0.6 is 0 Å². The van der Waals surface area contributed by atoms with E-state index < -0.39 is 0 Å². The van der Waals surface area contributed by atoms with Crippen LogP contribution in [0.2, 0.25) is 0 Å². The molecule has 0 aromatic heterocycles. The molecule has 0 saturated heterocycles. The van der Waals surface area contributed by atoms with Crippen LogP contribution < -0.4 is 14.9 Å². The number of rotatable bonds is 5. The molecule has 3 aromatic rings. The van der Waals surface area contributed by atoms with Crippen LogP contribution in [-0.2, 0) is 6.42 Å². The van der Waals surface area contributed by atoms with E-state index in [2.05, 4.69) is 61.7 Å². The van der Waals surface area contributed by atoms with Crippen LogP contribution in [-0.4, -0.2) is 25.8 Å². The number of hydrogen-bond donors (Lipinski definition) is 1. The highest BCUT2D eigenvalue weighted by Gasteiger charge is 2.19. The van der Waals surface area contributed by atoms with Gasteiger partial charge in [0.1, 0.15) is 5.71 Å². The molecule has 0 fully saturated rings. The Bertz CT molecular complexity index is 1130. The summed E-state index contributed by atoms with van der Waals surface area (Å²) >= 11 is 0. The minimum absolute atomic E-state index is 0.662. The second-order valence-electron chi connectivity index (χ2n) is 7.17. The summed E-state index contributed by atoms with van der Waals surface area (Å²) in [5.41, 5.74) is 10.2. The van der Waals surface area contributed by atoms with Crippen molar-refractivity contribution < 1.29 is 9.47 Å². The summed E-state index contributed by atoms with van der Waals surface area (Å²) in [6.07, 6.45) is 0.939. The first kappa shape index (κ1) is 19.7. The normalized spacial score (nSPS) is 12.8. The second-order valence-corrected chi connectivity index (χ2v) is 7.17. The highest BCUT2D eigenvalue weighted by Crippen LogP contribution is 2.32. The Morgan fingerprint density at radius 1 is 0.833 bits per heavy atom. The van der Waals surface area contributed by atoms with Crippen LogP contribution in [0, 0.1) is 6.92 Å². The van der Waals surface area contributed by atoms with Gasteiger partial charge in [0.05, 0.1) is 19.9 Å². The Hall–Kier alpha value is -3.60. The van der Waals surface area contributed by atoms with E-state index in [1.54, 1.807) is 14.2 Å². The lowest BCUT2D eigenvalue weighted by molar-refractivity contribution is 0.355. The number of aryl methyl sites for hydroxylation is 2. The number of hydrazone groups is 1. The Labute approximate surface area is 177 Å². The van der Waals surface area contributed by atoms with Gasteiger partial charge in [0.15, 0.2) is 17.3 Å². The van der Waals surface area contributed by atoms with Crippen LogP contribution in [0.1, 0.15) is 34.7 Å². The van der Waals surface area contributed by atoms with Crippen molar-refractivity contribution >= 4 is 17.2 Å². The van der Waals surface area contributed by atoms with Gasteiger partial charge in [-0.05, 0) is 49.2 Å². The van der Waals surface area contributed by atoms with Gasteiger partial charge in [-0.25, -0.2) is 4.99 Å². The van der Waals surface area contributed by atoms with Crippen molar-refractivity contribution in [1.82, 2.24) is 5.43 Å². The third kappa shape index (κ3) is 3.79. The number of aliphatic imine (C=N–C) groups is 1. The molecule has 0 bridgehead atoms. The van der Waals surface area contributed by atoms with E-state index in [4.69, 9.17) is 19.6 Å². The Morgan fingerprint density at radius 3 is 2.27 bits per heavy atom. The molecule has 3 aromatic carbocycles. The van der Waals surface area contributed by atoms with Gasteiger partial charge in [-0.2, -0.15) is 5.10 Å². The summed E-state index contributed by atoms with van der Waals surface area (Å²) in [6.45, 7) is 4.21. The molecular weight excluding hydrogens is 374 g/mol. The third-order valence-corrected chi connectivity index (χ3v) is 5.21. The van der Waals surface area contributed by atoms with Crippen LogP contribution in [0.3, 0.4) is 0 Å². The number of amidine groups is 1. The van der Waals surface area contributed by atoms with Gasteiger partial charge in [0, 0.05) is 16.7 Å². The average molecular weight is 399 g/mol. The van der Waals surface area contributed by atoms with Crippen molar-refractivity contribution in [1.29, 1.82) is 0 Å². The number of ether oxygens (including phenoxy) is 2. The van der Waals surface area contributed by atoms with Crippen LogP contribution in [0.4, 0.5) is 5.69 Å². The van der Waals surface area contributed by atoms with Gasteiger partial charge in [-0.1, -0.05) is 42.8 Å². The van der Waals surface area contributed by atoms with Gasteiger partial charge in [-0.15, -0.1) is 0 Å². The molecule has 30 heavy (non-hydrogen) atoms. The standard InChI is InChI=1S/C25H25N3O2/c1-5-17-8-12-21-20(14-17)24(19-11-13-22(29-3)23(15-19)30-4)27-28-25(26-21)18-9-6-16(2)7-10-18/h6-15H,5H2,1-4H3,(H,26,28). The monoisotopic (exact) mass is 399 g/mol. The van der Waals surface area contributed by atoms with E-state index in [1.807, 2.05) is 18.2 Å². The smallest absolute Gasteiger partial charge is 0.161 e. The molecule has 0 spiro atoms. The number of nitrogens with zero attached hydrogens (tertiary/aromatic N) is 2. The zero-order valence-corrected chi connectivity index (χ0v) is 17.7. The van der Waals surface area contributed by atoms with Crippen molar-refractivity contribution in [3.8, 4) is 11.5 Å². The van der Waals surface area contributed by atoms with Gasteiger partial charge >= 0.3 is 0 Å². The Balaban J connectivity index is 1.86. The maximum absolute atomic E-state index is 5.50. The van der Waals surface area contributed by atoms with Crippen LogP contribution in [0.15, 0.2) is 70.8 Å². The summed E-state index contributed by atoms with van der Waals surface area (Å²) in [6, 6.07) is 20.4. The fraction of sp³-hybridized carbons (Fsp3) is 0.200. The highest BCUT2D eigenvalue weighted by atomic mass is 16.5. The fourth-order valence-corrected chi connectivity index (χ4v) is 3.45. The first-order valence-electron chi connectivity index (χ1n) is 9.98. The van der Waals surface area contributed by atoms with Gasteiger partial charge in [0.25, 0.3) is 0 Å². The van der Waals surface area contributed by atoms with E-state index in [0.717, 1.165) is 40.3 Å². The third-order valence-electron chi connectivity index (χ3n) is 5.21. The SMILES string of the molecule is CCc1ccc2c(c1)C(c1ccc(OC)c(OC)c1)=NNC(c1ccc(C)cc1)=N2. The predicted molar refractivity (Wildman–Crippen MR) is 122 cm³/mol. The number of fused-ring (bicyclic) bond motifs is 1. The van der Waals surface area contributed by atoms with Gasteiger partial charge < -0.3 is 9.47 Å². The lowest BCUT2D eigenvalue weighted by atomic mass is 9.97. The van der Waals surface area contributed by atoms with E-state index in [-0.39, 0.29) is 0 Å². The summed E-state index contributed by atoms with van der Waals surface area (Å²) < 4.78 is 10.9. The summed E-state index contributed by atoms with van der Waals surface area (Å²) in [5.74, 6) is 2.06. The molecule has 5 heteroatoms. The van der Waals surface area contributed by atoms with Crippen molar-refractivity contribution in [3.05, 3.63) is 88.5 Å². The molecule has 0 unspecified atom stereocenters. The van der Waals surface area contributed by atoms with Crippen molar-refractivity contribution in [3.63, 3.8) is 0 Å². The highest BCUT2D eigenvalue weighted by molar-refractivity contribution is 6.18. The zero-order chi connectivity index (χ0) is 21.1. The predicted octanol–water partition coefficient (Wildman–Crippen LogP) is 5.01. The molecule has 1 aliphatic rings. The molecule has 0 radical (unpaired) electrons. The summed E-state index contributed by atoms with van der Waals surface area (Å²) in [5, 5.41) is 4.76. The number of benzene rings is 3. The summed E-state index contributed by atoms with van der Waals surface area (Å²) in [4.78, 5) is 4.90. The number of nitrogens with one attached hydrogen (secondary N) is 1. The average Bonchev–Trinajstić information content (AvgIpc) is 2.98. The van der Waals surface area contributed by atoms with E-state index in [1.165, 1.54) is 11.1 Å². The van der Waals surface area contributed by atoms with Crippen LogP contribution in [0.25, 0.3) is 0 Å². The molecule has 0 aliphatic carbocycles. The molecule has 152 valence electrons. The van der Waals surface area contributed by atoms with Crippen molar-refractivity contribution in [2.24, 2.45) is 10.1 Å². The molecule has 1 aliphatic heterocycles. The maximum atomic E-state index is 5.50. The quantitative estimate of drug-likeness (QED) is 0.656. The largest absolute Gasteiger partial charge is 0.493 e. The lowest BCUT2D eigenvalue weighted by Gasteiger charge is -2.12. The molecule has 0 amide bonds. The zero-order valence-electron chi connectivity index (χ0n) is 17.7. The minimum atomic E-state index is 0.662. The van der Waals surface area contributed by atoms with Gasteiger partial charge in [-0.3, -0.25) is 5.43 Å². The molecular formula is C25H25N3O2. The number of methoxy groups -OCH3 is 2. The van der Waals surface area contributed by atoms with E-state index in [0.29, 0.717) is 11.5 Å². The first-order valence-corrected chi connectivity index (χ1v) is 9.98. The van der Waals surface area contributed by atoms with Crippen LogP contribution in [0.5, 0.6) is 11.5 Å². The first-order chi connectivity index (χ1) is 14.6. The molecule has 5 nitrogen and oxygen atoms in total. The minimum Gasteiger partial charge on any atom is -0.493 e.